The van der Waals surface area contributed by atoms with E-state index in [0.29, 0.717) is 21.4 Å². The van der Waals surface area contributed by atoms with Crippen molar-refractivity contribution >= 4 is 29.3 Å². The van der Waals surface area contributed by atoms with Crippen molar-refractivity contribution in [1.82, 2.24) is 9.97 Å². The van der Waals surface area contributed by atoms with Gasteiger partial charge in [0.1, 0.15) is 5.75 Å². The first-order valence-corrected chi connectivity index (χ1v) is 9.07. The largest absolute Gasteiger partial charge is 0.494 e. The fourth-order valence-corrected chi connectivity index (χ4v) is 3.16. The molecule has 0 amide bonds. The zero-order chi connectivity index (χ0) is 18.4. The van der Waals surface area contributed by atoms with Crippen LogP contribution in [0.15, 0.2) is 53.6 Å². The molecule has 3 rings (SSSR count). The van der Waals surface area contributed by atoms with E-state index in [-0.39, 0.29) is 11.3 Å². The highest BCUT2D eigenvalue weighted by molar-refractivity contribution is 7.07. The van der Waals surface area contributed by atoms with Crippen LogP contribution < -0.4 is 19.5 Å². The number of nitrogens with zero attached hydrogens (tertiary/aromatic N) is 1. The van der Waals surface area contributed by atoms with Crippen LogP contribution in [0.5, 0.6) is 5.75 Å². The highest BCUT2D eigenvalue weighted by Gasteiger charge is 2.02. The lowest BCUT2D eigenvalue weighted by Gasteiger charge is -2.03. The molecular formula is C20H18N2O3S. The summed E-state index contributed by atoms with van der Waals surface area (Å²) >= 11 is 1.25. The summed E-state index contributed by atoms with van der Waals surface area (Å²) in [6, 6.07) is 10.8. The Morgan fingerprint density at radius 3 is 2.62 bits per heavy atom. The number of benzene rings is 1. The number of thiazole rings is 1. The number of aromatic amines is 1. The molecule has 1 aromatic carbocycles. The molecule has 0 spiro atoms. The molecule has 0 bridgehead atoms. The van der Waals surface area contributed by atoms with E-state index in [1.165, 1.54) is 17.4 Å². The van der Waals surface area contributed by atoms with Gasteiger partial charge in [0, 0.05) is 24.0 Å². The zero-order valence-corrected chi connectivity index (χ0v) is 15.1. The van der Waals surface area contributed by atoms with Crippen molar-refractivity contribution < 1.29 is 9.53 Å². The van der Waals surface area contributed by atoms with E-state index in [4.69, 9.17) is 4.74 Å². The lowest BCUT2D eigenvalue weighted by Crippen LogP contribution is -2.20. The summed E-state index contributed by atoms with van der Waals surface area (Å²) in [4.78, 5) is 30.9. The molecule has 0 saturated carbocycles. The van der Waals surface area contributed by atoms with Crippen molar-refractivity contribution in [3.05, 3.63) is 79.5 Å². The van der Waals surface area contributed by atoms with Gasteiger partial charge in [-0.25, -0.2) is 0 Å². The van der Waals surface area contributed by atoms with Crippen LogP contribution in [0, 0.1) is 0 Å². The van der Waals surface area contributed by atoms with Gasteiger partial charge < -0.3 is 9.72 Å². The van der Waals surface area contributed by atoms with Crippen molar-refractivity contribution in [2.24, 2.45) is 0 Å². The van der Waals surface area contributed by atoms with Crippen LogP contribution in [0.25, 0.3) is 12.2 Å². The number of nitrogens with one attached hydrogen (secondary N) is 1. The maximum absolute atomic E-state index is 12.2. The molecule has 3 aromatic rings. The number of hydrogen-bond acceptors (Lipinski definition) is 5. The number of hydrogen-bond donors (Lipinski definition) is 1. The Labute approximate surface area is 154 Å². The Morgan fingerprint density at radius 1 is 1.19 bits per heavy atom. The monoisotopic (exact) mass is 366 g/mol. The normalized spacial score (nSPS) is 12.3. The number of carbonyl (C=O) groups excluding carboxylic acids is 1. The van der Waals surface area contributed by atoms with Gasteiger partial charge in [0.25, 0.3) is 5.56 Å². The molecule has 0 unspecified atom stereocenters. The molecule has 0 radical (unpaired) electrons. The lowest BCUT2D eigenvalue weighted by atomic mass is 10.2. The van der Waals surface area contributed by atoms with Crippen LogP contribution in [0.4, 0.5) is 0 Å². The summed E-state index contributed by atoms with van der Waals surface area (Å²) in [5, 5.41) is 0. The first kappa shape index (κ1) is 17.8. The molecule has 0 aliphatic heterocycles. The minimum Gasteiger partial charge on any atom is -0.494 e. The fraction of sp³-hybridized carbons (Fsp3) is 0.150. The number of pyridine rings is 1. The number of aromatic nitrogens is 2. The zero-order valence-electron chi connectivity index (χ0n) is 14.3. The SMILES string of the molecule is CCCOc1ccc(/C=c2/s/c(=C\C(=O)c3ccncc3)[nH]c2=O)cc1. The standard InChI is InChI=1S/C20H18N2O3S/c1-2-11-25-16-5-3-14(4-6-16)12-18-20(24)22-19(26-18)13-17(23)15-7-9-21-10-8-15/h3-10,12-13H,2,11H2,1H3,(H,22,24)/b18-12+,19-13-. The van der Waals surface area contributed by atoms with E-state index in [0.717, 1.165) is 17.7 Å². The minimum atomic E-state index is -0.213. The van der Waals surface area contributed by atoms with Gasteiger partial charge in [0.2, 0.25) is 0 Å². The van der Waals surface area contributed by atoms with E-state index < -0.39 is 0 Å². The second-order valence-electron chi connectivity index (χ2n) is 5.59. The smallest absolute Gasteiger partial charge is 0.266 e. The molecule has 0 aliphatic carbocycles. The van der Waals surface area contributed by atoms with Crippen LogP contribution in [-0.2, 0) is 0 Å². The van der Waals surface area contributed by atoms with Crippen molar-refractivity contribution in [2.45, 2.75) is 13.3 Å². The molecule has 0 aliphatic rings. The van der Waals surface area contributed by atoms with Gasteiger partial charge in [-0.2, -0.15) is 0 Å². The summed E-state index contributed by atoms with van der Waals surface area (Å²) < 4.78 is 6.61. The number of rotatable bonds is 6. The number of carbonyl (C=O) groups is 1. The van der Waals surface area contributed by atoms with Crippen LogP contribution >= 0.6 is 11.3 Å². The van der Waals surface area contributed by atoms with E-state index >= 15 is 0 Å². The molecule has 26 heavy (non-hydrogen) atoms. The van der Waals surface area contributed by atoms with Gasteiger partial charge in [0.05, 0.1) is 15.8 Å². The van der Waals surface area contributed by atoms with Gasteiger partial charge in [-0.3, -0.25) is 14.6 Å². The van der Waals surface area contributed by atoms with Gasteiger partial charge in [-0.15, -0.1) is 11.3 Å². The molecule has 1 N–H and O–H groups in total. The second kappa shape index (κ2) is 8.40. The van der Waals surface area contributed by atoms with E-state index in [1.807, 2.05) is 24.3 Å². The van der Waals surface area contributed by atoms with Crippen LogP contribution in [0.3, 0.4) is 0 Å². The summed E-state index contributed by atoms with van der Waals surface area (Å²) in [6.07, 6.45) is 7.30. The summed E-state index contributed by atoms with van der Waals surface area (Å²) in [6.45, 7) is 2.73. The number of H-pyrrole nitrogens is 1. The van der Waals surface area contributed by atoms with Gasteiger partial charge in [0.15, 0.2) is 5.78 Å². The Morgan fingerprint density at radius 2 is 1.92 bits per heavy atom. The topological polar surface area (TPSA) is 72.0 Å². The maximum atomic E-state index is 12.2. The molecule has 0 atom stereocenters. The van der Waals surface area contributed by atoms with Crippen molar-refractivity contribution in [3.63, 3.8) is 0 Å². The van der Waals surface area contributed by atoms with E-state index in [9.17, 15) is 9.59 Å². The molecule has 2 heterocycles. The Bertz CT molecular complexity index is 1050. The molecule has 0 saturated heterocycles. The van der Waals surface area contributed by atoms with Crippen molar-refractivity contribution in [2.75, 3.05) is 6.61 Å². The van der Waals surface area contributed by atoms with E-state index in [2.05, 4.69) is 16.9 Å². The molecule has 5 nitrogen and oxygen atoms in total. The number of ketones is 1. The first-order chi connectivity index (χ1) is 12.7. The third kappa shape index (κ3) is 4.55. The maximum Gasteiger partial charge on any atom is 0.266 e. The summed E-state index contributed by atoms with van der Waals surface area (Å²) in [5.74, 6) is 0.634. The lowest BCUT2D eigenvalue weighted by molar-refractivity contribution is 0.106. The van der Waals surface area contributed by atoms with Gasteiger partial charge in [-0.05, 0) is 42.3 Å². The summed E-state index contributed by atoms with van der Waals surface area (Å²) in [7, 11) is 0. The molecule has 6 heteroatoms. The molecule has 0 fully saturated rings. The highest BCUT2D eigenvalue weighted by atomic mass is 32.1. The van der Waals surface area contributed by atoms with Crippen LogP contribution in [0.1, 0.15) is 29.3 Å². The predicted octanol–water partition coefficient (Wildman–Crippen LogP) is 2.11. The Kier molecular flexibility index (Phi) is 5.76. The van der Waals surface area contributed by atoms with Crippen LogP contribution in [-0.4, -0.2) is 22.4 Å². The highest BCUT2D eigenvalue weighted by Crippen LogP contribution is 2.12. The predicted molar refractivity (Wildman–Crippen MR) is 103 cm³/mol. The number of ether oxygens (including phenoxy) is 1. The van der Waals surface area contributed by atoms with E-state index in [1.54, 1.807) is 30.6 Å². The molecular weight excluding hydrogens is 348 g/mol. The van der Waals surface area contributed by atoms with Gasteiger partial charge >= 0.3 is 0 Å². The van der Waals surface area contributed by atoms with Crippen molar-refractivity contribution in [1.29, 1.82) is 0 Å². The Balaban J connectivity index is 1.86. The Hall–Kier alpha value is -2.99. The first-order valence-electron chi connectivity index (χ1n) is 8.25. The fourth-order valence-electron chi connectivity index (χ4n) is 2.27. The number of Topliss-reactive ketones (excluding diaryl/α,β-unsaturated/α-hetero) is 1. The second-order valence-corrected chi connectivity index (χ2v) is 6.67. The molecule has 132 valence electrons. The van der Waals surface area contributed by atoms with Gasteiger partial charge in [-0.1, -0.05) is 19.1 Å². The average molecular weight is 366 g/mol. The quantitative estimate of drug-likeness (QED) is 0.678. The third-order valence-corrected chi connectivity index (χ3v) is 4.52. The van der Waals surface area contributed by atoms with Crippen LogP contribution in [0.2, 0.25) is 0 Å². The molecule has 2 aromatic heterocycles. The summed E-state index contributed by atoms with van der Waals surface area (Å²) in [5.41, 5.74) is 1.21. The average Bonchev–Trinajstić information content (AvgIpc) is 3.00. The minimum absolute atomic E-state index is 0.172. The third-order valence-electron chi connectivity index (χ3n) is 3.56. The van der Waals surface area contributed by atoms with Crippen molar-refractivity contribution in [3.8, 4) is 5.75 Å².